The van der Waals surface area contributed by atoms with Gasteiger partial charge in [0.25, 0.3) is 15.9 Å². The van der Waals surface area contributed by atoms with Crippen LogP contribution in [0.25, 0.3) is 0 Å². The van der Waals surface area contributed by atoms with E-state index >= 15 is 0 Å². The van der Waals surface area contributed by atoms with E-state index in [2.05, 4.69) is 10.0 Å². The molecule has 6 nitrogen and oxygen atoms in total. The summed E-state index contributed by atoms with van der Waals surface area (Å²) in [5.74, 6) is -0.862. The second kappa shape index (κ2) is 7.89. The Morgan fingerprint density at radius 1 is 1.17 bits per heavy atom. The summed E-state index contributed by atoms with van der Waals surface area (Å²) >= 11 is 0. The largest absolute Gasteiger partial charge is 0.383 e. The number of rotatable bonds is 7. The highest BCUT2D eigenvalue weighted by molar-refractivity contribution is 7.92. The van der Waals surface area contributed by atoms with E-state index in [9.17, 15) is 17.6 Å². The monoisotopic (exact) mass is 352 g/mol. The van der Waals surface area contributed by atoms with E-state index in [1.165, 1.54) is 43.5 Å². The van der Waals surface area contributed by atoms with Crippen LogP contribution in [-0.4, -0.2) is 34.6 Å². The van der Waals surface area contributed by atoms with E-state index in [1.807, 2.05) is 0 Å². The first-order valence-corrected chi connectivity index (χ1v) is 8.56. The minimum Gasteiger partial charge on any atom is -0.383 e. The second-order valence-corrected chi connectivity index (χ2v) is 6.57. The lowest BCUT2D eigenvalue weighted by molar-refractivity contribution is 0.0937. The molecule has 0 saturated heterocycles. The predicted octanol–water partition coefficient (Wildman–Crippen LogP) is 2.00. The summed E-state index contributed by atoms with van der Waals surface area (Å²) in [5.41, 5.74) is 0.444. The molecular formula is C16H17FN2O4S. The zero-order chi connectivity index (χ0) is 17.6. The van der Waals surface area contributed by atoms with Crippen molar-refractivity contribution >= 4 is 21.6 Å². The number of carbonyl (C=O) groups is 1. The zero-order valence-corrected chi connectivity index (χ0v) is 13.8. The maximum Gasteiger partial charge on any atom is 0.261 e. The summed E-state index contributed by atoms with van der Waals surface area (Å²) in [6.07, 6.45) is 0. The molecule has 0 radical (unpaired) electrons. The molecule has 24 heavy (non-hydrogen) atoms. The molecule has 2 N–H and O–H groups in total. The molecule has 0 bridgehead atoms. The van der Waals surface area contributed by atoms with Crippen LogP contribution >= 0.6 is 0 Å². The smallest absolute Gasteiger partial charge is 0.261 e. The molecule has 0 unspecified atom stereocenters. The van der Waals surface area contributed by atoms with E-state index in [-0.39, 0.29) is 16.1 Å². The van der Waals surface area contributed by atoms with E-state index < -0.39 is 21.7 Å². The van der Waals surface area contributed by atoms with Crippen molar-refractivity contribution in [3.8, 4) is 0 Å². The lowest BCUT2D eigenvalue weighted by atomic mass is 10.2. The van der Waals surface area contributed by atoms with Gasteiger partial charge in [-0.2, -0.15) is 0 Å². The summed E-state index contributed by atoms with van der Waals surface area (Å²) < 4.78 is 44.8. The number of sulfonamides is 1. The first-order chi connectivity index (χ1) is 11.4. The van der Waals surface area contributed by atoms with Crippen molar-refractivity contribution < 1.29 is 22.3 Å². The van der Waals surface area contributed by atoms with Crippen molar-refractivity contribution in [3.05, 3.63) is 59.9 Å². The molecule has 0 aliphatic rings. The molecule has 0 atom stereocenters. The molecule has 0 aliphatic heterocycles. The van der Waals surface area contributed by atoms with E-state index in [4.69, 9.17) is 4.74 Å². The fraction of sp³-hybridized carbons (Fsp3) is 0.188. The van der Waals surface area contributed by atoms with Gasteiger partial charge in [0, 0.05) is 24.9 Å². The van der Waals surface area contributed by atoms with E-state index in [0.29, 0.717) is 13.2 Å². The molecule has 0 saturated carbocycles. The van der Waals surface area contributed by atoms with Crippen LogP contribution in [0, 0.1) is 5.82 Å². The van der Waals surface area contributed by atoms with Crippen LogP contribution in [0.4, 0.5) is 10.1 Å². The Morgan fingerprint density at radius 3 is 2.54 bits per heavy atom. The van der Waals surface area contributed by atoms with Gasteiger partial charge in [-0.3, -0.25) is 9.52 Å². The maximum atomic E-state index is 12.9. The Bertz CT molecular complexity index is 807. The van der Waals surface area contributed by atoms with Crippen molar-refractivity contribution in [1.82, 2.24) is 5.32 Å². The molecule has 0 aromatic heterocycles. The molecule has 1 amide bonds. The minimum absolute atomic E-state index is 0.0637. The highest BCUT2D eigenvalue weighted by Gasteiger charge is 2.16. The number of amides is 1. The number of methoxy groups -OCH3 is 1. The molecular weight excluding hydrogens is 335 g/mol. The standard InChI is InChI=1S/C16H17FN2O4S/c1-23-10-9-18-16(20)12-3-2-4-15(11-12)24(21,22)19-14-7-5-13(17)6-8-14/h2-8,11,19H,9-10H2,1H3,(H,18,20). The van der Waals surface area contributed by atoms with Crippen molar-refractivity contribution in [1.29, 1.82) is 0 Å². The van der Waals surface area contributed by atoms with Crippen molar-refractivity contribution in [3.63, 3.8) is 0 Å². The molecule has 0 spiro atoms. The fourth-order valence-corrected chi connectivity index (χ4v) is 3.01. The average Bonchev–Trinajstić information content (AvgIpc) is 2.57. The SMILES string of the molecule is COCCNC(=O)c1cccc(S(=O)(=O)Nc2ccc(F)cc2)c1. The highest BCUT2D eigenvalue weighted by Crippen LogP contribution is 2.17. The van der Waals surface area contributed by atoms with Gasteiger partial charge in [0.05, 0.1) is 11.5 Å². The number of benzene rings is 2. The summed E-state index contributed by atoms with van der Waals surface area (Å²) in [7, 11) is -2.37. The van der Waals surface area contributed by atoms with Gasteiger partial charge >= 0.3 is 0 Å². The first-order valence-electron chi connectivity index (χ1n) is 7.08. The predicted molar refractivity (Wildman–Crippen MR) is 87.9 cm³/mol. The minimum atomic E-state index is -3.88. The number of anilines is 1. The van der Waals surface area contributed by atoms with Gasteiger partial charge in [-0.05, 0) is 42.5 Å². The van der Waals surface area contributed by atoms with Crippen molar-refractivity contribution in [2.75, 3.05) is 25.0 Å². The van der Waals surface area contributed by atoms with Crippen LogP contribution in [0.2, 0.25) is 0 Å². The van der Waals surface area contributed by atoms with Crippen molar-refractivity contribution in [2.45, 2.75) is 4.90 Å². The van der Waals surface area contributed by atoms with Gasteiger partial charge in [0.2, 0.25) is 0 Å². The van der Waals surface area contributed by atoms with Crippen LogP contribution in [0.15, 0.2) is 53.4 Å². The van der Waals surface area contributed by atoms with E-state index in [0.717, 1.165) is 12.1 Å². The Hall–Kier alpha value is -2.45. The van der Waals surface area contributed by atoms with Gasteiger partial charge in [0.1, 0.15) is 5.82 Å². The molecule has 2 rings (SSSR count). The zero-order valence-electron chi connectivity index (χ0n) is 13.0. The van der Waals surface area contributed by atoms with Crippen LogP contribution in [0.3, 0.4) is 0 Å². The maximum absolute atomic E-state index is 12.9. The van der Waals surface area contributed by atoms with E-state index in [1.54, 1.807) is 0 Å². The number of hydrogen-bond donors (Lipinski definition) is 2. The van der Waals surface area contributed by atoms with Gasteiger partial charge in [-0.1, -0.05) is 6.07 Å². The van der Waals surface area contributed by atoms with Crippen LogP contribution in [0.5, 0.6) is 0 Å². The second-order valence-electron chi connectivity index (χ2n) is 4.89. The summed E-state index contributed by atoms with van der Waals surface area (Å²) in [6, 6.07) is 10.6. The van der Waals surface area contributed by atoms with Gasteiger partial charge in [-0.15, -0.1) is 0 Å². The van der Waals surface area contributed by atoms with Crippen LogP contribution < -0.4 is 10.0 Å². The summed E-state index contributed by atoms with van der Waals surface area (Å²) in [4.78, 5) is 11.9. The topological polar surface area (TPSA) is 84.5 Å². The third kappa shape index (κ3) is 4.77. The lowest BCUT2D eigenvalue weighted by Crippen LogP contribution is -2.27. The number of carbonyl (C=O) groups excluding carboxylic acids is 1. The Kier molecular flexibility index (Phi) is 5.88. The lowest BCUT2D eigenvalue weighted by Gasteiger charge is -2.10. The van der Waals surface area contributed by atoms with Gasteiger partial charge < -0.3 is 10.1 Å². The number of nitrogens with one attached hydrogen (secondary N) is 2. The Labute approximate surface area is 139 Å². The molecule has 0 fully saturated rings. The summed E-state index contributed by atoms with van der Waals surface area (Å²) in [5, 5.41) is 2.61. The molecule has 2 aromatic carbocycles. The average molecular weight is 352 g/mol. The van der Waals surface area contributed by atoms with Crippen LogP contribution in [0.1, 0.15) is 10.4 Å². The number of halogens is 1. The molecule has 128 valence electrons. The fourth-order valence-electron chi connectivity index (χ4n) is 1.91. The third-order valence-corrected chi connectivity index (χ3v) is 4.47. The molecule has 0 heterocycles. The van der Waals surface area contributed by atoms with Gasteiger partial charge in [-0.25, -0.2) is 12.8 Å². The molecule has 0 aliphatic carbocycles. The number of hydrogen-bond acceptors (Lipinski definition) is 4. The Morgan fingerprint density at radius 2 is 1.88 bits per heavy atom. The Balaban J connectivity index is 2.17. The van der Waals surface area contributed by atoms with Crippen molar-refractivity contribution in [2.24, 2.45) is 0 Å². The quantitative estimate of drug-likeness (QED) is 0.747. The molecule has 2 aromatic rings. The highest BCUT2D eigenvalue weighted by atomic mass is 32.2. The number of ether oxygens (including phenoxy) is 1. The molecule has 8 heteroatoms. The summed E-state index contributed by atoms with van der Waals surface area (Å²) in [6.45, 7) is 0.677. The third-order valence-electron chi connectivity index (χ3n) is 3.09. The first kappa shape index (κ1) is 17.9. The van der Waals surface area contributed by atoms with Gasteiger partial charge in [0.15, 0.2) is 0 Å². The van der Waals surface area contributed by atoms with Crippen LogP contribution in [-0.2, 0) is 14.8 Å². The normalized spacial score (nSPS) is 11.1.